The van der Waals surface area contributed by atoms with Gasteiger partial charge < -0.3 is 16.0 Å². The minimum absolute atomic E-state index is 0.100. The predicted octanol–water partition coefficient (Wildman–Crippen LogP) is 4.71. The van der Waals surface area contributed by atoms with Crippen molar-refractivity contribution in [3.05, 3.63) is 73.9 Å². The van der Waals surface area contributed by atoms with Crippen molar-refractivity contribution < 1.29 is 4.79 Å². The average Bonchev–Trinajstić information content (AvgIpc) is 3.08. The predicted molar refractivity (Wildman–Crippen MR) is 131 cm³/mol. The molecule has 172 valence electrons. The van der Waals surface area contributed by atoms with Gasteiger partial charge in [0.05, 0.1) is 5.02 Å². The van der Waals surface area contributed by atoms with Gasteiger partial charge >= 0.3 is 0 Å². The molecule has 2 atom stereocenters. The van der Waals surface area contributed by atoms with Gasteiger partial charge in [-0.2, -0.15) is 0 Å². The first kappa shape index (κ1) is 23.1. The molecule has 10 heteroatoms. The molecule has 3 heterocycles. The number of carbonyl (C=O) groups excluding carboxylic acids is 1. The van der Waals surface area contributed by atoms with Crippen molar-refractivity contribution in [2.24, 2.45) is 0 Å². The molecule has 8 nitrogen and oxygen atoms in total. The third-order valence-electron chi connectivity index (χ3n) is 6.04. The van der Waals surface area contributed by atoms with E-state index in [0.29, 0.717) is 16.7 Å². The van der Waals surface area contributed by atoms with Crippen molar-refractivity contribution in [2.75, 3.05) is 17.7 Å². The molecular weight excluding hydrogens is 463 g/mol. The van der Waals surface area contributed by atoms with Crippen molar-refractivity contribution in [1.29, 1.82) is 0 Å². The van der Waals surface area contributed by atoms with Gasteiger partial charge in [-0.15, -0.1) is 0 Å². The van der Waals surface area contributed by atoms with Crippen LogP contribution < -0.4 is 21.5 Å². The van der Waals surface area contributed by atoms with E-state index in [2.05, 4.69) is 39.8 Å². The normalized spacial score (nSPS) is 17.9. The molecule has 33 heavy (non-hydrogen) atoms. The molecule has 1 aliphatic rings. The summed E-state index contributed by atoms with van der Waals surface area (Å²) in [7, 11) is 1.73. The van der Waals surface area contributed by atoms with Crippen LogP contribution in [0.4, 0.5) is 17.3 Å². The van der Waals surface area contributed by atoms with Crippen LogP contribution in [0.1, 0.15) is 54.7 Å². The molecule has 3 N–H and O–H groups in total. The van der Waals surface area contributed by atoms with Crippen molar-refractivity contribution in [3.8, 4) is 0 Å². The fourth-order valence-corrected chi connectivity index (χ4v) is 4.59. The summed E-state index contributed by atoms with van der Waals surface area (Å²) >= 11 is 12.9. The molecular formula is C23H24Cl2N6O2. The largest absolute Gasteiger partial charge is 0.373 e. The van der Waals surface area contributed by atoms with Gasteiger partial charge in [0.2, 0.25) is 0 Å². The Kier molecular flexibility index (Phi) is 6.07. The first-order chi connectivity index (χ1) is 15.7. The van der Waals surface area contributed by atoms with Gasteiger partial charge in [0.25, 0.3) is 11.5 Å². The van der Waals surface area contributed by atoms with E-state index in [1.807, 2.05) is 12.1 Å². The van der Waals surface area contributed by atoms with Crippen molar-refractivity contribution >= 4 is 46.4 Å². The second-order valence-corrected chi connectivity index (χ2v) is 8.97. The molecule has 0 fully saturated rings. The van der Waals surface area contributed by atoms with Crippen molar-refractivity contribution in [1.82, 2.24) is 19.9 Å². The standard InChI is InChI=1S/C23H24Cl2N6O2/c1-5-12(2)14-7-6-13(24)8-15(14)23(3)30-21(32)20-16(25)9-17(22(33)31(20)23)29-19-10-18(26-4)27-11-28-19/h6-12H,5H2,1-4H3,(H,30,32)(H2,26,27,28,29). The number of amides is 1. The summed E-state index contributed by atoms with van der Waals surface area (Å²) in [6.45, 7) is 5.96. The van der Waals surface area contributed by atoms with E-state index < -0.39 is 17.1 Å². The summed E-state index contributed by atoms with van der Waals surface area (Å²) < 4.78 is 1.40. The maximum atomic E-state index is 13.7. The maximum Gasteiger partial charge on any atom is 0.277 e. The van der Waals surface area contributed by atoms with Gasteiger partial charge in [0, 0.05) is 23.7 Å². The Morgan fingerprint density at radius 1 is 1.15 bits per heavy atom. The van der Waals surface area contributed by atoms with Crippen LogP contribution in [0.15, 0.2) is 41.5 Å². The minimum atomic E-state index is -1.18. The summed E-state index contributed by atoms with van der Waals surface area (Å²) in [5.74, 6) is 0.744. The molecule has 4 rings (SSSR count). The first-order valence-corrected chi connectivity index (χ1v) is 11.3. The molecule has 0 spiro atoms. The van der Waals surface area contributed by atoms with Crippen LogP contribution in [-0.4, -0.2) is 27.5 Å². The summed E-state index contributed by atoms with van der Waals surface area (Å²) in [5.41, 5.74) is 0.411. The molecule has 0 radical (unpaired) electrons. The third kappa shape index (κ3) is 3.94. The lowest BCUT2D eigenvalue weighted by molar-refractivity contribution is 0.0941. The summed E-state index contributed by atoms with van der Waals surface area (Å²) in [5, 5.41) is 9.55. The highest BCUT2D eigenvalue weighted by molar-refractivity contribution is 6.34. The van der Waals surface area contributed by atoms with E-state index in [9.17, 15) is 9.59 Å². The Bertz CT molecular complexity index is 1310. The molecule has 0 saturated heterocycles. The molecule has 0 saturated carbocycles. The Balaban J connectivity index is 1.92. The number of anilines is 3. The highest BCUT2D eigenvalue weighted by atomic mass is 35.5. The van der Waals surface area contributed by atoms with Crippen LogP contribution in [-0.2, 0) is 5.66 Å². The first-order valence-electron chi connectivity index (χ1n) is 10.5. The van der Waals surface area contributed by atoms with E-state index in [1.165, 1.54) is 17.0 Å². The summed E-state index contributed by atoms with van der Waals surface area (Å²) in [6, 6.07) is 8.65. The lowest BCUT2D eigenvalue weighted by Crippen LogP contribution is -2.46. The number of aromatic nitrogens is 3. The molecule has 1 aliphatic heterocycles. The molecule has 0 aliphatic carbocycles. The number of halogens is 2. The second kappa shape index (κ2) is 8.68. The quantitative estimate of drug-likeness (QED) is 0.466. The van der Waals surface area contributed by atoms with Gasteiger partial charge in [-0.1, -0.05) is 43.1 Å². The van der Waals surface area contributed by atoms with Crippen LogP contribution in [0.2, 0.25) is 10.0 Å². The average molecular weight is 487 g/mol. The number of benzene rings is 1. The van der Waals surface area contributed by atoms with Crippen LogP contribution in [0.5, 0.6) is 0 Å². The number of nitrogens with one attached hydrogen (secondary N) is 3. The Morgan fingerprint density at radius 2 is 1.88 bits per heavy atom. The fourth-order valence-electron chi connectivity index (χ4n) is 4.14. The van der Waals surface area contributed by atoms with E-state index in [1.54, 1.807) is 26.1 Å². The third-order valence-corrected chi connectivity index (χ3v) is 6.57. The maximum absolute atomic E-state index is 13.7. The number of rotatable bonds is 6. The van der Waals surface area contributed by atoms with Crippen LogP contribution in [0.25, 0.3) is 0 Å². The van der Waals surface area contributed by atoms with E-state index >= 15 is 0 Å². The van der Waals surface area contributed by atoms with Crippen LogP contribution in [0.3, 0.4) is 0 Å². The van der Waals surface area contributed by atoms with Gasteiger partial charge in [-0.05, 0) is 43.0 Å². The highest BCUT2D eigenvalue weighted by Gasteiger charge is 2.44. The van der Waals surface area contributed by atoms with E-state index in [-0.39, 0.29) is 22.3 Å². The zero-order chi connectivity index (χ0) is 23.9. The Labute approximate surface area is 201 Å². The topological polar surface area (TPSA) is 101 Å². The minimum Gasteiger partial charge on any atom is -0.373 e. The fraction of sp³-hybridized carbons (Fsp3) is 0.304. The second-order valence-electron chi connectivity index (χ2n) is 8.13. The Hall–Kier alpha value is -3.10. The van der Waals surface area contributed by atoms with Crippen LogP contribution in [0, 0.1) is 0 Å². The molecule has 0 bridgehead atoms. The lowest BCUT2D eigenvalue weighted by atomic mass is 9.87. The number of nitrogens with zero attached hydrogens (tertiary/aromatic N) is 3. The van der Waals surface area contributed by atoms with Gasteiger partial charge in [-0.25, -0.2) is 9.97 Å². The number of hydrogen-bond donors (Lipinski definition) is 3. The number of carbonyl (C=O) groups is 1. The van der Waals surface area contributed by atoms with Gasteiger partial charge in [0.1, 0.15) is 35.0 Å². The number of pyridine rings is 1. The summed E-state index contributed by atoms with van der Waals surface area (Å²) in [6.07, 6.45) is 2.25. The number of fused-ring (bicyclic) bond motifs is 1. The Morgan fingerprint density at radius 3 is 2.58 bits per heavy atom. The highest BCUT2D eigenvalue weighted by Crippen LogP contribution is 2.38. The molecule has 3 aromatic rings. The van der Waals surface area contributed by atoms with Crippen molar-refractivity contribution in [2.45, 2.75) is 38.8 Å². The zero-order valence-electron chi connectivity index (χ0n) is 18.7. The molecule has 1 aromatic carbocycles. The molecule has 2 unspecified atom stereocenters. The zero-order valence-corrected chi connectivity index (χ0v) is 20.2. The number of hydrogen-bond acceptors (Lipinski definition) is 6. The lowest BCUT2D eigenvalue weighted by Gasteiger charge is -2.32. The van der Waals surface area contributed by atoms with Gasteiger partial charge in [0.15, 0.2) is 0 Å². The van der Waals surface area contributed by atoms with Gasteiger partial charge in [-0.3, -0.25) is 14.2 Å². The summed E-state index contributed by atoms with van der Waals surface area (Å²) in [4.78, 5) is 34.9. The van der Waals surface area contributed by atoms with E-state index in [0.717, 1.165) is 17.5 Å². The van der Waals surface area contributed by atoms with Crippen molar-refractivity contribution in [3.63, 3.8) is 0 Å². The van der Waals surface area contributed by atoms with E-state index in [4.69, 9.17) is 23.2 Å². The smallest absolute Gasteiger partial charge is 0.277 e. The SMILES string of the molecule is CCC(C)c1ccc(Cl)cc1C1(C)NC(=O)c2c(Cl)cc(Nc3cc(NC)ncn3)c(=O)n21. The monoisotopic (exact) mass is 486 g/mol. The molecule has 2 aromatic heterocycles. The van der Waals surface area contributed by atoms with Crippen LogP contribution >= 0.6 is 23.2 Å². The molecule has 1 amide bonds.